The van der Waals surface area contributed by atoms with E-state index in [4.69, 9.17) is 16.7 Å². The van der Waals surface area contributed by atoms with E-state index in [2.05, 4.69) is 0 Å². The van der Waals surface area contributed by atoms with E-state index in [0.29, 0.717) is 0 Å². The lowest BCUT2D eigenvalue weighted by atomic mass is 10.1. The highest BCUT2D eigenvalue weighted by atomic mass is 35.5. The number of carbonyl (C=O) groups is 1. The molecule has 0 unspecified atom stereocenters. The van der Waals surface area contributed by atoms with Gasteiger partial charge in [0.05, 0.1) is 9.95 Å². The summed E-state index contributed by atoms with van der Waals surface area (Å²) >= 11 is 5.70. The lowest BCUT2D eigenvalue weighted by Gasteiger charge is -2.21. The van der Waals surface area contributed by atoms with Crippen LogP contribution in [0.15, 0.2) is 23.1 Å². The Kier molecular flexibility index (Phi) is 4.37. The van der Waals surface area contributed by atoms with E-state index in [-0.39, 0.29) is 5.02 Å². The first-order valence-corrected chi connectivity index (χ1v) is 7.05. The standard InChI is InChI=1S/C10H11ClN2O6S/c1-10(2,9(14)15)12-20(18,19)8-5-6(13(16)17)3-4-7(8)11/h3-5,12H,1-2H3,(H,14,15). The average Bonchev–Trinajstić information content (AvgIpc) is 2.27. The topological polar surface area (TPSA) is 127 Å². The van der Waals surface area contributed by atoms with Crippen molar-refractivity contribution in [1.82, 2.24) is 4.72 Å². The van der Waals surface area contributed by atoms with Crippen molar-refractivity contribution in [3.05, 3.63) is 33.3 Å². The van der Waals surface area contributed by atoms with Gasteiger partial charge in [0.2, 0.25) is 10.0 Å². The summed E-state index contributed by atoms with van der Waals surface area (Å²) in [5, 5.41) is 19.3. The lowest BCUT2D eigenvalue weighted by molar-refractivity contribution is -0.385. The van der Waals surface area contributed by atoms with Gasteiger partial charge in [-0.1, -0.05) is 11.6 Å². The van der Waals surface area contributed by atoms with Crippen molar-refractivity contribution in [1.29, 1.82) is 0 Å². The molecule has 0 amide bonds. The Morgan fingerprint density at radius 2 is 2.00 bits per heavy atom. The number of benzene rings is 1. The number of nitro benzene ring substituents is 1. The van der Waals surface area contributed by atoms with Crippen molar-refractivity contribution in [2.24, 2.45) is 0 Å². The summed E-state index contributed by atoms with van der Waals surface area (Å²) in [5.41, 5.74) is -2.25. The molecule has 0 aliphatic carbocycles. The number of nitrogens with zero attached hydrogens (tertiary/aromatic N) is 1. The van der Waals surface area contributed by atoms with Gasteiger partial charge in [-0.3, -0.25) is 14.9 Å². The SMILES string of the molecule is CC(C)(NS(=O)(=O)c1cc([N+](=O)[O-])ccc1Cl)C(=O)O. The summed E-state index contributed by atoms with van der Waals surface area (Å²) in [6.45, 7) is 2.27. The Hall–Kier alpha value is -1.71. The van der Waals surface area contributed by atoms with Gasteiger partial charge >= 0.3 is 5.97 Å². The average molecular weight is 323 g/mol. The zero-order valence-corrected chi connectivity index (χ0v) is 12.0. The smallest absolute Gasteiger partial charge is 0.324 e. The van der Waals surface area contributed by atoms with Crippen LogP contribution in [0.4, 0.5) is 5.69 Å². The number of hydrogen-bond acceptors (Lipinski definition) is 5. The molecule has 0 saturated heterocycles. The van der Waals surface area contributed by atoms with Crippen LogP contribution in [0.25, 0.3) is 0 Å². The van der Waals surface area contributed by atoms with Crippen molar-refractivity contribution >= 4 is 33.3 Å². The number of carboxylic acids is 1. The first-order chi connectivity index (χ1) is 8.97. The molecule has 0 aliphatic rings. The maximum Gasteiger partial charge on any atom is 0.324 e. The molecule has 0 aromatic heterocycles. The normalized spacial score (nSPS) is 12.2. The number of non-ortho nitro benzene ring substituents is 1. The summed E-state index contributed by atoms with van der Waals surface area (Å²) in [7, 11) is -4.32. The van der Waals surface area contributed by atoms with E-state index < -0.39 is 37.0 Å². The van der Waals surface area contributed by atoms with E-state index in [1.165, 1.54) is 0 Å². The van der Waals surface area contributed by atoms with Crippen molar-refractivity contribution in [3.63, 3.8) is 0 Å². The van der Waals surface area contributed by atoms with Gasteiger partial charge in [-0.05, 0) is 19.9 Å². The predicted octanol–water partition coefficient (Wildman–Crippen LogP) is 1.39. The second-order valence-electron chi connectivity index (χ2n) is 4.41. The van der Waals surface area contributed by atoms with Gasteiger partial charge in [0.15, 0.2) is 0 Å². The van der Waals surface area contributed by atoms with Crippen LogP contribution in [0.1, 0.15) is 13.8 Å². The predicted molar refractivity (Wildman–Crippen MR) is 70.1 cm³/mol. The number of aliphatic carboxylic acids is 1. The molecule has 20 heavy (non-hydrogen) atoms. The lowest BCUT2D eigenvalue weighted by Crippen LogP contribution is -2.49. The van der Waals surface area contributed by atoms with Crippen LogP contribution in [0.2, 0.25) is 5.02 Å². The van der Waals surface area contributed by atoms with Crippen LogP contribution < -0.4 is 4.72 Å². The molecule has 10 heteroatoms. The minimum absolute atomic E-state index is 0.246. The summed E-state index contributed by atoms with van der Waals surface area (Å²) in [4.78, 5) is 20.2. The van der Waals surface area contributed by atoms with Gasteiger partial charge in [0, 0.05) is 12.1 Å². The molecule has 0 aliphatic heterocycles. The van der Waals surface area contributed by atoms with E-state index in [0.717, 1.165) is 32.0 Å². The molecular weight excluding hydrogens is 312 g/mol. The number of nitro groups is 1. The Balaban J connectivity index is 3.32. The Morgan fingerprint density at radius 1 is 1.45 bits per heavy atom. The number of sulfonamides is 1. The van der Waals surface area contributed by atoms with Crippen LogP contribution in [0.3, 0.4) is 0 Å². The molecule has 0 radical (unpaired) electrons. The summed E-state index contributed by atoms with van der Waals surface area (Å²) in [5.74, 6) is -1.40. The molecular formula is C10H11ClN2O6S. The molecule has 110 valence electrons. The first-order valence-electron chi connectivity index (χ1n) is 5.19. The zero-order chi connectivity index (χ0) is 15.7. The minimum Gasteiger partial charge on any atom is -0.480 e. The van der Waals surface area contributed by atoms with Gasteiger partial charge in [0.1, 0.15) is 10.4 Å². The largest absolute Gasteiger partial charge is 0.480 e. The van der Waals surface area contributed by atoms with Crippen molar-refractivity contribution in [2.75, 3.05) is 0 Å². The third kappa shape index (κ3) is 3.44. The van der Waals surface area contributed by atoms with Gasteiger partial charge in [-0.15, -0.1) is 0 Å². The highest BCUT2D eigenvalue weighted by molar-refractivity contribution is 7.89. The third-order valence-corrected chi connectivity index (χ3v) is 4.48. The molecule has 1 rings (SSSR count). The van der Waals surface area contributed by atoms with Crippen LogP contribution in [-0.4, -0.2) is 30.0 Å². The van der Waals surface area contributed by atoms with Crippen LogP contribution in [0.5, 0.6) is 0 Å². The minimum atomic E-state index is -4.32. The highest BCUT2D eigenvalue weighted by Gasteiger charge is 2.34. The molecule has 0 atom stereocenters. The fourth-order valence-corrected chi connectivity index (χ4v) is 3.14. The second-order valence-corrected chi connectivity index (χ2v) is 6.47. The van der Waals surface area contributed by atoms with E-state index >= 15 is 0 Å². The Bertz CT molecular complexity index is 670. The maximum atomic E-state index is 12.1. The van der Waals surface area contributed by atoms with Gasteiger partial charge in [0.25, 0.3) is 5.69 Å². The summed E-state index contributed by atoms with van der Waals surface area (Å²) in [6.07, 6.45) is 0. The quantitative estimate of drug-likeness (QED) is 0.623. The van der Waals surface area contributed by atoms with Gasteiger partial charge in [-0.25, -0.2) is 8.42 Å². The number of hydrogen-bond donors (Lipinski definition) is 2. The molecule has 0 saturated carbocycles. The molecule has 0 heterocycles. The molecule has 2 N–H and O–H groups in total. The number of nitrogens with one attached hydrogen (secondary N) is 1. The van der Waals surface area contributed by atoms with Crippen molar-refractivity contribution in [2.45, 2.75) is 24.3 Å². The molecule has 0 spiro atoms. The van der Waals surface area contributed by atoms with E-state index in [1.54, 1.807) is 0 Å². The fraction of sp³-hybridized carbons (Fsp3) is 0.300. The van der Waals surface area contributed by atoms with E-state index in [9.17, 15) is 23.3 Å². The second kappa shape index (κ2) is 5.35. The first kappa shape index (κ1) is 16.3. The molecule has 1 aromatic carbocycles. The molecule has 1 aromatic rings. The summed E-state index contributed by atoms with van der Waals surface area (Å²) in [6, 6.07) is 2.87. The van der Waals surface area contributed by atoms with Crippen molar-refractivity contribution in [3.8, 4) is 0 Å². The Labute approximate surface area is 119 Å². The monoisotopic (exact) mass is 322 g/mol. The Morgan fingerprint density at radius 3 is 2.45 bits per heavy atom. The van der Waals surface area contributed by atoms with Crippen LogP contribution in [-0.2, 0) is 14.8 Å². The van der Waals surface area contributed by atoms with E-state index in [1.807, 2.05) is 4.72 Å². The van der Waals surface area contributed by atoms with Crippen LogP contribution >= 0.6 is 11.6 Å². The highest BCUT2D eigenvalue weighted by Crippen LogP contribution is 2.27. The summed E-state index contributed by atoms with van der Waals surface area (Å²) < 4.78 is 26.1. The fourth-order valence-electron chi connectivity index (χ4n) is 1.25. The van der Waals surface area contributed by atoms with Gasteiger partial charge in [-0.2, -0.15) is 4.72 Å². The molecule has 8 nitrogen and oxygen atoms in total. The zero-order valence-electron chi connectivity index (χ0n) is 10.5. The van der Waals surface area contributed by atoms with Gasteiger partial charge < -0.3 is 5.11 Å². The molecule has 0 bridgehead atoms. The maximum absolute atomic E-state index is 12.1. The molecule has 0 fully saturated rings. The van der Waals surface area contributed by atoms with Crippen molar-refractivity contribution < 1.29 is 23.2 Å². The number of carboxylic acid groups (broad SMARTS) is 1. The number of halogens is 1. The third-order valence-electron chi connectivity index (χ3n) is 2.34. The number of rotatable bonds is 5. The van der Waals surface area contributed by atoms with Crippen LogP contribution in [0, 0.1) is 10.1 Å².